The van der Waals surface area contributed by atoms with Crippen molar-refractivity contribution in [2.75, 3.05) is 13.2 Å². The van der Waals surface area contributed by atoms with Crippen LogP contribution >= 0.6 is 7.60 Å². The van der Waals surface area contributed by atoms with E-state index in [0.29, 0.717) is 13.2 Å². The number of hydrogen-bond acceptors (Lipinski definition) is 3. The quantitative estimate of drug-likeness (QED) is 0.712. The van der Waals surface area contributed by atoms with Crippen molar-refractivity contribution in [1.29, 1.82) is 0 Å². The Morgan fingerprint density at radius 1 is 1.18 bits per heavy atom. The maximum atomic E-state index is 12.2. The molecule has 4 heteroatoms. The molecular weight excluding hydrogens is 235 g/mol. The van der Waals surface area contributed by atoms with Crippen LogP contribution in [0.3, 0.4) is 0 Å². The van der Waals surface area contributed by atoms with Crippen molar-refractivity contribution in [3.63, 3.8) is 0 Å². The summed E-state index contributed by atoms with van der Waals surface area (Å²) < 4.78 is 22.5. The summed E-state index contributed by atoms with van der Waals surface area (Å²) in [6.45, 7) is 6.34. The first-order chi connectivity index (χ1) is 8.11. The summed E-state index contributed by atoms with van der Waals surface area (Å²) in [5.74, 6) is 1.53. The standard InChI is InChI=1S/C13H19O3P/c1-4-15-17(14,16-5-2)11-10-13-9-7-6-8-12(13)3/h6-11H,4-5H2,1-3H3/b11-10+. The Morgan fingerprint density at radius 2 is 1.76 bits per heavy atom. The van der Waals surface area contributed by atoms with Crippen molar-refractivity contribution in [3.8, 4) is 0 Å². The predicted molar refractivity (Wildman–Crippen MR) is 71.1 cm³/mol. The highest BCUT2D eigenvalue weighted by Gasteiger charge is 2.18. The second-order valence-corrected chi connectivity index (χ2v) is 5.44. The Hall–Kier alpha value is -0.890. The Kier molecular flexibility index (Phi) is 5.63. The van der Waals surface area contributed by atoms with Gasteiger partial charge in [-0.05, 0) is 38.0 Å². The molecule has 0 aliphatic carbocycles. The molecule has 0 atom stereocenters. The SMILES string of the molecule is CCOP(=O)(/C=C/c1ccccc1C)OCC. The van der Waals surface area contributed by atoms with Gasteiger partial charge in [-0.2, -0.15) is 0 Å². The minimum Gasteiger partial charge on any atom is -0.306 e. The lowest BCUT2D eigenvalue weighted by atomic mass is 10.1. The molecule has 3 nitrogen and oxygen atoms in total. The fourth-order valence-electron chi connectivity index (χ4n) is 1.43. The van der Waals surface area contributed by atoms with E-state index in [1.807, 2.05) is 31.2 Å². The van der Waals surface area contributed by atoms with E-state index in [1.54, 1.807) is 19.9 Å². The zero-order valence-electron chi connectivity index (χ0n) is 10.6. The molecule has 0 amide bonds. The Morgan fingerprint density at radius 3 is 2.29 bits per heavy atom. The van der Waals surface area contributed by atoms with Crippen LogP contribution in [-0.4, -0.2) is 13.2 Å². The number of hydrogen-bond donors (Lipinski definition) is 0. The summed E-state index contributed by atoms with van der Waals surface area (Å²) in [5, 5.41) is 0. The van der Waals surface area contributed by atoms with Gasteiger partial charge in [0.25, 0.3) is 0 Å². The lowest BCUT2D eigenvalue weighted by molar-refractivity contribution is 0.229. The number of rotatable bonds is 6. The molecule has 1 aromatic carbocycles. The van der Waals surface area contributed by atoms with E-state index in [4.69, 9.17) is 9.05 Å². The monoisotopic (exact) mass is 254 g/mol. The average molecular weight is 254 g/mol. The van der Waals surface area contributed by atoms with Crippen molar-refractivity contribution in [2.24, 2.45) is 0 Å². The molecule has 0 N–H and O–H groups in total. The van der Waals surface area contributed by atoms with E-state index in [1.165, 1.54) is 5.82 Å². The molecule has 1 aromatic rings. The van der Waals surface area contributed by atoms with Crippen LogP contribution in [0, 0.1) is 6.92 Å². The molecule has 0 aromatic heterocycles. The Bertz CT molecular complexity index is 416. The highest BCUT2D eigenvalue weighted by atomic mass is 31.2. The maximum Gasteiger partial charge on any atom is 0.354 e. The van der Waals surface area contributed by atoms with Gasteiger partial charge in [0.05, 0.1) is 13.2 Å². The molecule has 0 unspecified atom stereocenters. The van der Waals surface area contributed by atoms with Gasteiger partial charge in [-0.15, -0.1) is 0 Å². The summed E-state index contributed by atoms with van der Waals surface area (Å²) in [6, 6.07) is 7.89. The first-order valence-electron chi connectivity index (χ1n) is 5.75. The molecule has 94 valence electrons. The Labute approximate surface area is 103 Å². The van der Waals surface area contributed by atoms with E-state index in [2.05, 4.69) is 0 Å². The van der Waals surface area contributed by atoms with Crippen molar-refractivity contribution in [3.05, 3.63) is 41.2 Å². The van der Waals surface area contributed by atoms with Crippen LogP contribution in [-0.2, 0) is 13.6 Å². The van der Waals surface area contributed by atoms with Crippen molar-refractivity contribution >= 4 is 13.7 Å². The van der Waals surface area contributed by atoms with Crippen molar-refractivity contribution < 1.29 is 13.6 Å². The van der Waals surface area contributed by atoms with Gasteiger partial charge in [-0.25, -0.2) is 0 Å². The van der Waals surface area contributed by atoms with E-state index < -0.39 is 7.60 Å². The molecule has 0 fully saturated rings. The minimum atomic E-state index is -3.09. The number of benzene rings is 1. The summed E-state index contributed by atoms with van der Waals surface area (Å²) in [6.07, 6.45) is 1.79. The third-order valence-corrected chi connectivity index (χ3v) is 3.99. The van der Waals surface area contributed by atoms with E-state index in [0.717, 1.165) is 11.1 Å². The molecule has 0 heterocycles. The summed E-state index contributed by atoms with van der Waals surface area (Å²) in [4.78, 5) is 0. The first-order valence-corrected chi connectivity index (χ1v) is 7.36. The molecule has 0 spiro atoms. The normalized spacial score (nSPS) is 12.2. The fourth-order valence-corrected chi connectivity index (χ4v) is 2.74. The van der Waals surface area contributed by atoms with Gasteiger partial charge in [0, 0.05) is 5.82 Å². The predicted octanol–water partition coefficient (Wildman–Crippen LogP) is 4.23. The van der Waals surface area contributed by atoms with E-state index in [9.17, 15) is 4.57 Å². The van der Waals surface area contributed by atoms with Gasteiger partial charge < -0.3 is 9.05 Å². The van der Waals surface area contributed by atoms with Crippen molar-refractivity contribution in [2.45, 2.75) is 20.8 Å². The van der Waals surface area contributed by atoms with Crippen LogP contribution in [0.2, 0.25) is 0 Å². The maximum absolute atomic E-state index is 12.2. The Balaban J connectivity index is 2.87. The van der Waals surface area contributed by atoms with Crippen molar-refractivity contribution in [1.82, 2.24) is 0 Å². The van der Waals surface area contributed by atoms with Gasteiger partial charge >= 0.3 is 7.60 Å². The lowest BCUT2D eigenvalue weighted by Gasteiger charge is -2.12. The van der Waals surface area contributed by atoms with Gasteiger partial charge in [-0.3, -0.25) is 4.57 Å². The van der Waals surface area contributed by atoms with Gasteiger partial charge in [-0.1, -0.05) is 24.3 Å². The van der Waals surface area contributed by atoms with Crippen LogP contribution in [0.25, 0.3) is 6.08 Å². The lowest BCUT2D eigenvalue weighted by Crippen LogP contribution is -1.92. The average Bonchev–Trinajstić information content (AvgIpc) is 2.29. The first kappa shape index (κ1) is 14.2. The highest BCUT2D eigenvalue weighted by molar-refractivity contribution is 7.57. The molecule has 0 radical (unpaired) electrons. The molecule has 0 saturated heterocycles. The molecule has 0 saturated carbocycles. The molecule has 0 bridgehead atoms. The molecule has 0 aliphatic heterocycles. The second kappa shape index (κ2) is 6.75. The van der Waals surface area contributed by atoms with E-state index >= 15 is 0 Å². The summed E-state index contributed by atoms with van der Waals surface area (Å²) >= 11 is 0. The molecule has 0 aliphatic rings. The zero-order valence-corrected chi connectivity index (χ0v) is 11.4. The van der Waals surface area contributed by atoms with Crippen LogP contribution < -0.4 is 0 Å². The van der Waals surface area contributed by atoms with Gasteiger partial charge in [0.1, 0.15) is 0 Å². The van der Waals surface area contributed by atoms with E-state index in [-0.39, 0.29) is 0 Å². The van der Waals surface area contributed by atoms with Gasteiger partial charge in [0.15, 0.2) is 0 Å². The van der Waals surface area contributed by atoms with Crippen LogP contribution in [0.4, 0.5) is 0 Å². The smallest absolute Gasteiger partial charge is 0.306 e. The largest absolute Gasteiger partial charge is 0.354 e. The topological polar surface area (TPSA) is 35.5 Å². The third kappa shape index (κ3) is 4.47. The van der Waals surface area contributed by atoms with Crippen LogP contribution in [0.1, 0.15) is 25.0 Å². The summed E-state index contributed by atoms with van der Waals surface area (Å²) in [7, 11) is -3.09. The highest BCUT2D eigenvalue weighted by Crippen LogP contribution is 2.50. The van der Waals surface area contributed by atoms with Gasteiger partial charge in [0.2, 0.25) is 0 Å². The van der Waals surface area contributed by atoms with Crippen LogP contribution in [0.15, 0.2) is 30.1 Å². The van der Waals surface area contributed by atoms with Crippen LogP contribution in [0.5, 0.6) is 0 Å². The molecular formula is C13H19O3P. The zero-order chi connectivity index (χ0) is 12.7. The fraction of sp³-hybridized carbons (Fsp3) is 0.385. The number of aryl methyl sites for hydroxylation is 1. The summed E-state index contributed by atoms with van der Waals surface area (Å²) in [5.41, 5.74) is 2.15. The second-order valence-electron chi connectivity index (χ2n) is 3.55. The minimum absolute atomic E-state index is 0.370. The molecule has 1 rings (SSSR count). The third-order valence-electron chi connectivity index (χ3n) is 2.24. The molecule has 17 heavy (non-hydrogen) atoms.